The lowest BCUT2D eigenvalue weighted by Gasteiger charge is -2.11. The van der Waals surface area contributed by atoms with Gasteiger partial charge in [0.2, 0.25) is 0 Å². The van der Waals surface area contributed by atoms with Crippen LogP contribution in [-0.4, -0.2) is 5.91 Å². The van der Waals surface area contributed by atoms with Gasteiger partial charge in [-0.15, -0.1) is 0 Å². The van der Waals surface area contributed by atoms with E-state index >= 15 is 0 Å². The van der Waals surface area contributed by atoms with E-state index in [1.165, 1.54) is 0 Å². The second-order valence-electron chi connectivity index (χ2n) is 4.51. The Kier molecular flexibility index (Phi) is 3.90. The highest BCUT2D eigenvalue weighted by Crippen LogP contribution is 2.24. The molecule has 0 aliphatic carbocycles. The van der Waals surface area contributed by atoms with Gasteiger partial charge in [-0.25, -0.2) is 0 Å². The van der Waals surface area contributed by atoms with E-state index in [0.717, 1.165) is 15.6 Å². The Morgan fingerprint density at radius 2 is 1.95 bits per heavy atom. The average Bonchev–Trinajstić information content (AvgIpc) is 2.32. The third-order valence-corrected chi connectivity index (χ3v) is 3.31. The molecule has 2 aromatic carbocycles. The third-order valence-electron chi connectivity index (χ3n) is 2.85. The molecular weight excluding hydrogens is 304 g/mol. The highest BCUT2D eigenvalue weighted by molar-refractivity contribution is 9.10. The van der Waals surface area contributed by atoms with Crippen LogP contribution >= 0.6 is 15.9 Å². The molecule has 0 saturated carbocycles. The second-order valence-corrected chi connectivity index (χ2v) is 5.43. The third kappa shape index (κ3) is 3.15. The van der Waals surface area contributed by atoms with Crippen molar-refractivity contribution in [2.24, 2.45) is 0 Å². The molecule has 98 valence electrons. The lowest BCUT2D eigenvalue weighted by atomic mass is 10.1. The smallest absolute Gasteiger partial charge is 0.255 e. The van der Waals surface area contributed by atoms with Crippen LogP contribution < -0.4 is 11.1 Å². The van der Waals surface area contributed by atoms with Crippen molar-refractivity contribution >= 4 is 33.2 Å². The number of anilines is 2. The van der Waals surface area contributed by atoms with Crippen LogP contribution in [0.5, 0.6) is 0 Å². The lowest BCUT2D eigenvalue weighted by molar-refractivity contribution is 0.102. The SMILES string of the molecule is Cc1cc(Br)cc(C(=O)Nc2c(C)cccc2N)c1. The van der Waals surface area contributed by atoms with Gasteiger partial charge in [0.15, 0.2) is 0 Å². The van der Waals surface area contributed by atoms with Crippen LogP contribution in [0.2, 0.25) is 0 Å². The van der Waals surface area contributed by atoms with Crippen LogP contribution in [0.4, 0.5) is 11.4 Å². The van der Waals surface area contributed by atoms with Gasteiger partial charge in [0, 0.05) is 10.0 Å². The fourth-order valence-electron chi connectivity index (χ4n) is 1.91. The van der Waals surface area contributed by atoms with E-state index in [1.807, 2.05) is 38.1 Å². The van der Waals surface area contributed by atoms with Crippen LogP contribution in [-0.2, 0) is 0 Å². The summed E-state index contributed by atoms with van der Waals surface area (Å²) < 4.78 is 0.885. The van der Waals surface area contributed by atoms with E-state index in [9.17, 15) is 4.79 Å². The summed E-state index contributed by atoms with van der Waals surface area (Å²) in [6.07, 6.45) is 0. The van der Waals surface area contributed by atoms with Gasteiger partial charge in [-0.3, -0.25) is 4.79 Å². The number of halogens is 1. The van der Waals surface area contributed by atoms with Gasteiger partial charge in [-0.1, -0.05) is 28.1 Å². The molecule has 0 heterocycles. The fourth-order valence-corrected chi connectivity index (χ4v) is 2.52. The van der Waals surface area contributed by atoms with E-state index < -0.39 is 0 Å². The molecule has 0 unspecified atom stereocenters. The van der Waals surface area contributed by atoms with Gasteiger partial charge in [0.05, 0.1) is 11.4 Å². The zero-order valence-corrected chi connectivity index (χ0v) is 12.4. The number of rotatable bonds is 2. The molecule has 19 heavy (non-hydrogen) atoms. The molecule has 0 saturated heterocycles. The minimum Gasteiger partial charge on any atom is -0.397 e. The minimum atomic E-state index is -0.162. The van der Waals surface area contributed by atoms with Crippen LogP contribution in [0.25, 0.3) is 0 Å². The Morgan fingerprint density at radius 1 is 1.21 bits per heavy atom. The van der Waals surface area contributed by atoms with Crippen LogP contribution in [0.1, 0.15) is 21.5 Å². The quantitative estimate of drug-likeness (QED) is 0.825. The van der Waals surface area contributed by atoms with Crippen molar-refractivity contribution in [2.45, 2.75) is 13.8 Å². The molecule has 0 atom stereocenters. The summed E-state index contributed by atoms with van der Waals surface area (Å²) >= 11 is 3.39. The molecule has 3 N–H and O–H groups in total. The first-order valence-corrected chi connectivity index (χ1v) is 6.70. The maximum atomic E-state index is 12.2. The summed E-state index contributed by atoms with van der Waals surface area (Å²) in [5.41, 5.74) is 9.70. The molecule has 2 rings (SSSR count). The van der Waals surface area contributed by atoms with E-state index in [-0.39, 0.29) is 5.91 Å². The number of nitrogens with one attached hydrogen (secondary N) is 1. The maximum absolute atomic E-state index is 12.2. The predicted octanol–water partition coefficient (Wildman–Crippen LogP) is 3.90. The zero-order chi connectivity index (χ0) is 14.0. The maximum Gasteiger partial charge on any atom is 0.255 e. The zero-order valence-electron chi connectivity index (χ0n) is 10.8. The first kappa shape index (κ1) is 13.6. The molecule has 0 fully saturated rings. The van der Waals surface area contributed by atoms with Crippen molar-refractivity contribution in [1.82, 2.24) is 0 Å². The number of hydrogen-bond acceptors (Lipinski definition) is 2. The van der Waals surface area contributed by atoms with Crippen LogP contribution in [0.15, 0.2) is 40.9 Å². The Hall–Kier alpha value is -1.81. The molecule has 0 radical (unpaired) electrons. The van der Waals surface area contributed by atoms with E-state index in [4.69, 9.17) is 5.73 Å². The Balaban J connectivity index is 2.31. The Morgan fingerprint density at radius 3 is 2.58 bits per heavy atom. The van der Waals surface area contributed by atoms with Crippen LogP contribution in [0, 0.1) is 13.8 Å². The van der Waals surface area contributed by atoms with Gasteiger partial charge in [0.25, 0.3) is 5.91 Å². The van der Waals surface area contributed by atoms with Crippen molar-refractivity contribution in [3.63, 3.8) is 0 Å². The molecule has 0 spiro atoms. The highest BCUT2D eigenvalue weighted by atomic mass is 79.9. The van der Waals surface area contributed by atoms with Crippen LogP contribution in [0.3, 0.4) is 0 Å². The number of para-hydroxylation sites is 1. The largest absolute Gasteiger partial charge is 0.397 e. The first-order valence-electron chi connectivity index (χ1n) is 5.91. The van der Waals surface area contributed by atoms with Gasteiger partial charge in [-0.2, -0.15) is 0 Å². The monoisotopic (exact) mass is 318 g/mol. The molecule has 0 aliphatic heterocycles. The van der Waals surface area contributed by atoms with E-state index in [2.05, 4.69) is 21.2 Å². The number of carbonyl (C=O) groups is 1. The average molecular weight is 319 g/mol. The summed E-state index contributed by atoms with van der Waals surface area (Å²) in [5.74, 6) is -0.162. The summed E-state index contributed by atoms with van der Waals surface area (Å²) in [7, 11) is 0. The highest BCUT2D eigenvalue weighted by Gasteiger charge is 2.10. The number of carbonyl (C=O) groups excluding carboxylic acids is 1. The number of aryl methyl sites for hydroxylation is 2. The molecule has 3 nitrogen and oxygen atoms in total. The predicted molar refractivity (Wildman–Crippen MR) is 82.4 cm³/mol. The molecule has 2 aromatic rings. The van der Waals surface area contributed by atoms with Gasteiger partial charge in [0.1, 0.15) is 0 Å². The molecule has 0 aliphatic rings. The number of nitrogens with two attached hydrogens (primary N) is 1. The number of nitrogen functional groups attached to an aromatic ring is 1. The van der Waals surface area contributed by atoms with E-state index in [1.54, 1.807) is 12.1 Å². The molecule has 1 amide bonds. The molecular formula is C15H15BrN2O. The number of hydrogen-bond donors (Lipinski definition) is 2. The summed E-state index contributed by atoms with van der Waals surface area (Å²) in [4.78, 5) is 12.2. The molecule has 0 bridgehead atoms. The number of benzene rings is 2. The Bertz CT molecular complexity index is 598. The molecule has 0 aromatic heterocycles. The summed E-state index contributed by atoms with van der Waals surface area (Å²) in [6.45, 7) is 3.86. The minimum absolute atomic E-state index is 0.162. The van der Waals surface area contributed by atoms with Gasteiger partial charge in [-0.05, 0) is 49.2 Å². The topological polar surface area (TPSA) is 55.1 Å². The van der Waals surface area contributed by atoms with Crippen molar-refractivity contribution in [2.75, 3.05) is 11.1 Å². The summed E-state index contributed by atoms with van der Waals surface area (Å²) in [6, 6.07) is 11.1. The van der Waals surface area contributed by atoms with E-state index in [0.29, 0.717) is 16.9 Å². The van der Waals surface area contributed by atoms with Crippen molar-refractivity contribution in [3.8, 4) is 0 Å². The van der Waals surface area contributed by atoms with Gasteiger partial charge < -0.3 is 11.1 Å². The number of amides is 1. The standard InChI is InChI=1S/C15H15BrN2O/c1-9-6-11(8-12(16)7-9)15(19)18-14-10(2)4-3-5-13(14)17/h3-8H,17H2,1-2H3,(H,18,19). The normalized spacial score (nSPS) is 10.3. The van der Waals surface area contributed by atoms with Crippen molar-refractivity contribution in [1.29, 1.82) is 0 Å². The van der Waals surface area contributed by atoms with Crippen molar-refractivity contribution in [3.05, 3.63) is 57.6 Å². The lowest BCUT2D eigenvalue weighted by Crippen LogP contribution is -2.14. The molecule has 4 heteroatoms. The fraction of sp³-hybridized carbons (Fsp3) is 0.133. The van der Waals surface area contributed by atoms with Crippen molar-refractivity contribution < 1.29 is 4.79 Å². The first-order chi connectivity index (χ1) is 8.97. The Labute approximate surface area is 121 Å². The van der Waals surface area contributed by atoms with Gasteiger partial charge >= 0.3 is 0 Å². The summed E-state index contributed by atoms with van der Waals surface area (Å²) in [5, 5.41) is 2.86. The second kappa shape index (κ2) is 5.45.